The number of nitrogens with zero attached hydrogens (tertiary/aromatic N) is 2. The predicted octanol–water partition coefficient (Wildman–Crippen LogP) is 3.37. The Balaban J connectivity index is 1.34. The molecule has 0 saturated carbocycles. The van der Waals surface area contributed by atoms with Crippen LogP contribution in [0.25, 0.3) is 0 Å². The van der Waals surface area contributed by atoms with Crippen molar-refractivity contribution in [2.24, 2.45) is 0 Å². The van der Waals surface area contributed by atoms with Crippen molar-refractivity contribution < 1.29 is 28.3 Å². The molecule has 10 heteroatoms. The molecular weight excluding hydrogens is 467 g/mol. The van der Waals surface area contributed by atoms with Gasteiger partial charge in [0.1, 0.15) is 12.4 Å². The quantitative estimate of drug-likeness (QED) is 0.678. The Morgan fingerprint density at radius 1 is 1.19 bits per heavy atom. The first-order chi connectivity index (χ1) is 17.2. The zero-order valence-electron chi connectivity index (χ0n) is 20.1. The highest BCUT2D eigenvalue weighted by Crippen LogP contribution is 2.46. The number of carbonyl (C=O) groups is 4. The topological polar surface area (TPSA) is 108 Å². The molecule has 1 unspecified atom stereocenters. The molecule has 0 radical (unpaired) electrons. The number of amides is 5. The number of likely N-dealkylation sites (tertiary alicyclic amines) is 1. The predicted molar refractivity (Wildman–Crippen MR) is 128 cm³/mol. The zero-order chi connectivity index (χ0) is 25.6. The molecule has 3 aliphatic rings. The SMILES string of the molecule is CNC(=O)Nc1ccc2c(c1)CCC21OC(=O)N(CC(=O)N2CCC[C@H]2c2ccc(F)cc2C)C1=O. The number of urea groups is 1. The summed E-state index contributed by atoms with van der Waals surface area (Å²) >= 11 is 0. The number of nitrogens with one attached hydrogen (secondary N) is 2. The fourth-order valence-corrected chi connectivity index (χ4v) is 5.55. The lowest BCUT2D eigenvalue weighted by atomic mass is 9.94. The summed E-state index contributed by atoms with van der Waals surface area (Å²) in [6.45, 7) is 1.88. The second-order valence-electron chi connectivity index (χ2n) is 9.41. The van der Waals surface area contributed by atoms with Crippen molar-refractivity contribution in [3.05, 3.63) is 64.5 Å². The average Bonchev–Trinajstić information content (AvgIpc) is 3.53. The van der Waals surface area contributed by atoms with Crippen LogP contribution in [0.2, 0.25) is 0 Å². The lowest BCUT2D eigenvalue weighted by Gasteiger charge is -2.27. The van der Waals surface area contributed by atoms with Crippen molar-refractivity contribution >= 4 is 29.6 Å². The van der Waals surface area contributed by atoms with Crippen LogP contribution in [-0.4, -0.2) is 53.9 Å². The van der Waals surface area contributed by atoms with Gasteiger partial charge >= 0.3 is 12.1 Å². The number of rotatable bonds is 4. The Hall–Kier alpha value is -3.95. The van der Waals surface area contributed by atoms with E-state index in [4.69, 9.17) is 4.74 Å². The van der Waals surface area contributed by atoms with E-state index in [1.807, 2.05) is 0 Å². The summed E-state index contributed by atoms with van der Waals surface area (Å²) in [5.74, 6) is -1.25. The normalized spacial score (nSPS) is 22.7. The molecule has 0 bridgehead atoms. The van der Waals surface area contributed by atoms with E-state index in [2.05, 4.69) is 10.6 Å². The number of aryl methyl sites for hydroxylation is 2. The third kappa shape index (κ3) is 3.86. The summed E-state index contributed by atoms with van der Waals surface area (Å²) in [6, 6.07) is 8.98. The molecule has 2 aromatic carbocycles. The maximum absolute atomic E-state index is 13.6. The van der Waals surface area contributed by atoms with Crippen molar-refractivity contribution in [2.45, 2.75) is 44.2 Å². The van der Waals surface area contributed by atoms with E-state index in [9.17, 15) is 23.6 Å². The molecule has 5 amide bonds. The monoisotopic (exact) mass is 494 g/mol. The van der Waals surface area contributed by atoms with Gasteiger partial charge < -0.3 is 20.3 Å². The summed E-state index contributed by atoms with van der Waals surface area (Å²) in [6.07, 6.45) is 1.40. The largest absolute Gasteiger partial charge is 0.427 e. The molecule has 2 aromatic rings. The second kappa shape index (κ2) is 8.92. The van der Waals surface area contributed by atoms with E-state index in [1.165, 1.54) is 19.2 Å². The summed E-state index contributed by atoms with van der Waals surface area (Å²) < 4.78 is 19.2. The van der Waals surface area contributed by atoms with Crippen molar-refractivity contribution in [3.63, 3.8) is 0 Å². The molecule has 2 atom stereocenters. The number of carbonyl (C=O) groups excluding carboxylic acids is 4. The molecule has 2 heterocycles. The molecule has 188 valence electrons. The number of fused-ring (bicyclic) bond motifs is 2. The van der Waals surface area contributed by atoms with Gasteiger partial charge in [0.15, 0.2) is 0 Å². The van der Waals surface area contributed by atoms with Gasteiger partial charge in [-0.15, -0.1) is 0 Å². The number of halogens is 1. The minimum atomic E-state index is -1.46. The highest BCUT2D eigenvalue weighted by atomic mass is 19.1. The first kappa shape index (κ1) is 23.8. The van der Waals surface area contributed by atoms with Crippen molar-refractivity contribution in [3.8, 4) is 0 Å². The van der Waals surface area contributed by atoms with Gasteiger partial charge in [-0.2, -0.15) is 0 Å². The second-order valence-corrected chi connectivity index (χ2v) is 9.41. The summed E-state index contributed by atoms with van der Waals surface area (Å²) in [7, 11) is 1.51. The first-order valence-corrected chi connectivity index (χ1v) is 12.0. The maximum Gasteiger partial charge on any atom is 0.418 e. The van der Waals surface area contributed by atoms with Crippen LogP contribution in [0.5, 0.6) is 0 Å². The smallest absolute Gasteiger partial charge is 0.418 e. The van der Waals surface area contributed by atoms with Crippen LogP contribution in [0.4, 0.5) is 19.7 Å². The van der Waals surface area contributed by atoms with E-state index < -0.39 is 24.1 Å². The molecule has 2 aliphatic heterocycles. The van der Waals surface area contributed by atoms with E-state index in [-0.39, 0.29) is 30.2 Å². The summed E-state index contributed by atoms with van der Waals surface area (Å²) in [4.78, 5) is 53.8. The molecule has 1 spiro atoms. The van der Waals surface area contributed by atoms with Crippen LogP contribution in [0.3, 0.4) is 0 Å². The van der Waals surface area contributed by atoms with Crippen LogP contribution in [0.15, 0.2) is 36.4 Å². The molecule has 0 aromatic heterocycles. The third-order valence-electron chi connectivity index (χ3n) is 7.30. The van der Waals surface area contributed by atoms with Crippen LogP contribution < -0.4 is 10.6 Å². The third-order valence-corrected chi connectivity index (χ3v) is 7.30. The fourth-order valence-electron chi connectivity index (χ4n) is 5.55. The van der Waals surface area contributed by atoms with Gasteiger partial charge in [-0.3, -0.25) is 9.59 Å². The molecule has 2 fully saturated rings. The molecule has 9 nitrogen and oxygen atoms in total. The van der Waals surface area contributed by atoms with Crippen molar-refractivity contribution in [2.75, 3.05) is 25.5 Å². The van der Waals surface area contributed by atoms with Crippen LogP contribution in [0.1, 0.15) is 47.6 Å². The number of anilines is 1. The van der Waals surface area contributed by atoms with Crippen LogP contribution in [-0.2, 0) is 26.3 Å². The Labute approximate surface area is 207 Å². The number of hydrogen-bond donors (Lipinski definition) is 2. The summed E-state index contributed by atoms with van der Waals surface area (Å²) in [5.41, 5.74) is 2.08. The highest BCUT2D eigenvalue weighted by Gasteiger charge is 2.58. The fraction of sp³-hybridized carbons (Fsp3) is 0.385. The van der Waals surface area contributed by atoms with E-state index >= 15 is 0 Å². The highest BCUT2D eigenvalue weighted by molar-refractivity contribution is 6.06. The average molecular weight is 495 g/mol. The molecule has 5 rings (SSSR count). The van der Waals surface area contributed by atoms with Crippen LogP contribution >= 0.6 is 0 Å². The number of imide groups is 1. The number of benzene rings is 2. The first-order valence-electron chi connectivity index (χ1n) is 12.0. The van der Waals surface area contributed by atoms with Gasteiger partial charge in [-0.05, 0) is 67.1 Å². The molecule has 2 N–H and O–H groups in total. The van der Waals surface area contributed by atoms with E-state index in [1.54, 1.807) is 36.1 Å². The van der Waals surface area contributed by atoms with Gasteiger partial charge in [0.25, 0.3) is 5.91 Å². The molecular formula is C26H27FN4O5. The number of hydrogen-bond acceptors (Lipinski definition) is 5. The Morgan fingerprint density at radius 3 is 2.75 bits per heavy atom. The maximum atomic E-state index is 13.6. The van der Waals surface area contributed by atoms with Gasteiger partial charge in [-0.25, -0.2) is 18.9 Å². The van der Waals surface area contributed by atoms with Crippen molar-refractivity contribution in [1.29, 1.82) is 0 Å². The Kier molecular flexibility index (Phi) is 5.89. The lowest BCUT2D eigenvalue weighted by molar-refractivity contribution is -0.142. The van der Waals surface area contributed by atoms with Gasteiger partial charge in [0.05, 0.1) is 6.04 Å². The molecule has 1 aliphatic carbocycles. The van der Waals surface area contributed by atoms with Gasteiger partial charge in [0.2, 0.25) is 11.5 Å². The standard InChI is InChI=1S/C26H27FN4O5/c1-15-12-17(27)5-7-19(15)21-4-3-11-30(21)22(32)14-31-23(33)26(36-25(31)35)10-9-16-13-18(6-8-20(16)26)29-24(34)28-2/h5-8,12-13,21H,3-4,9-11,14H2,1-2H3,(H2,28,29,34)/t21-,26?/m0/s1. The number of ether oxygens (including phenoxy) is 1. The Bertz CT molecular complexity index is 1280. The zero-order valence-corrected chi connectivity index (χ0v) is 20.1. The Morgan fingerprint density at radius 2 is 2.00 bits per heavy atom. The van der Waals surface area contributed by atoms with Gasteiger partial charge in [0, 0.05) is 31.3 Å². The minimum absolute atomic E-state index is 0.237. The molecule has 36 heavy (non-hydrogen) atoms. The van der Waals surface area contributed by atoms with Crippen molar-refractivity contribution in [1.82, 2.24) is 15.1 Å². The van der Waals surface area contributed by atoms with E-state index in [0.717, 1.165) is 34.4 Å². The van der Waals surface area contributed by atoms with Gasteiger partial charge in [-0.1, -0.05) is 12.1 Å². The van der Waals surface area contributed by atoms with E-state index in [0.29, 0.717) is 24.2 Å². The summed E-state index contributed by atoms with van der Waals surface area (Å²) in [5, 5.41) is 5.16. The minimum Gasteiger partial charge on any atom is -0.427 e. The lowest BCUT2D eigenvalue weighted by Crippen LogP contribution is -2.44. The van der Waals surface area contributed by atoms with Crippen LogP contribution in [0, 0.1) is 12.7 Å². The molecule has 2 saturated heterocycles.